The van der Waals surface area contributed by atoms with Gasteiger partial charge in [0.1, 0.15) is 6.54 Å². The quantitative estimate of drug-likeness (QED) is 0.792. The van der Waals surface area contributed by atoms with Crippen LogP contribution in [-0.4, -0.2) is 47.2 Å². The Hall–Kier alpha value is -2.31. The number of aromatic nitrogens is 1. The van der Waals surface area contributed by atoms with Gasteiger partial charge in [-0.05, 0) is 17.5 Å². The van der Waals surface area contributed by atoms with Gasteiger partial charge in [-0.15, -0.1) is 0 Å². The van der Waals surface area contributed by atoms with E-state index in [4.69, 9.17) is 9.84 Å². The zero-order chi connectivity index (χ0) is 15.8. The van der Waals surface area contributed by atoms with Gasteiger partial charge in [0.05, 0.1) is 7.11 Å². The molecule has 0 radical (unpaired) electrons. The molecule has 0 aromatic carbocycles. The second kappa shape index (κ2) is 8.08. The van der Waals surface area contributed by atoms with E-state index < -0.39 is 12.0 Å². The molecule has 1 heterocycles. The molecule has 0 aliphatic heterocycles. The van der Waals surface area contributed by atoms with Crippen LogP contribution < -0.4 is 10.1 Å². The second-order valence-corrected chi connectivity index (χ2v) is 5.03. The van der Waals surface area contributed by atoms with Crippen LogP contribution in [-0.2, 0) is 11.3 Å². The molecule has 0 unspecified atom stereocenters. The highest BCUT2D eigenvalue weighted by atomic mass is 16.5. The first-order chi connectivity index (χ1) is 9.92. The number of carbonyl (C=O) groups excluding carboxylic acids is 1. The number of urea groups is 1. The third-order valence-electron chi connectivity index (χ3n) is 2.65. The SMILES string of the molecule is COc1cc(CNC(=O)N(CC(=O)O)CC(C)C)ccn1. The van der Waals surface area contributed by atoms with Gasteiger partial charge in [-0.25, -0.2) is 9.78 Å². The highest BCUT2D eigenvalue weighted by Crippen LogP contribution is 2.08. The van der Waals surface area contributed by atoms with E-state index >= 15 is 0 Å². The van der Waals surface area contributed by atoms with E-state index in [1.54, 1.807) is 18.3 Å². The molecule has 1 aromatic rings. The summed E-state index contributed by atoms with van der Waals surface area (Å²) in [7, 11) is 1.52. The summed E-state index contributed by atoms with van der Waals surface area (Å²) in [5.74, 6) is -0.376. The summed E-state index contributed by atoms with van der Waals surface area (Å²) in [6.45, 7) is 4.21. The number of hydrogen-bond donors (Lipinski definition) is 2. The molecule has 21 heavy (non-hydrogen) atoms. The number of rotatable bonds is 7. The molecule has 0 aliphatic rings. The minimum atomic E-state index is -1.03. The summed E-state index contributed by atoms with van der Waals surface area (Å²) in [5, 5.41) is 11.6. The number of aliphatic carboxylic acids is 1. The first-order valence-corrected chi connectivity index (χ1v) is 6.66. The molecule has 1 rings (SSSR count). The highest BCUT2D eigenvalue weighted by Gasteiger charge is 2.17. The molecule has 0 atom stereocenters. The third-order valence-corrected chi connectivity index (χ3v) is 2.65. The Kier molecular flexibility index (Phi) is 6.45. The number of methoxy groups -OCH3 is 1. The van der Waals surface area contributed by atoms with E-state index in [1.807, 2.05) is 13.8 Å². The Morgan fingerprint density at radius 3 is 2.76 bits per heavy atom. The molecular weight excluding hydrogens is 274 g/mol. The van der Waals surface area contributed by atoms with Crippen molar-refractivity contribution in [1.29, 1.82) is 0 Å². The lowest BCUT2D eigenvalue weighted by atomic mass is 10.2. The van der Waals surface area contributed by atoms with E-state index in [0.717, 1.165) is 5.56 Å². The Morgan fingerprint density at radius 2 is 2.19 bits per heavy atom. The number of carboxylic acids is 1. The molecule has 7 heteroatoms. The van der Waals surface area contributed by atoms with E-state index in [0.29, 0.717) is 12.4 Å². The second-order valence-electron chi connectivity index (χ2n) is 5.03. The van der Waals surface area contributed by atoms with Gasteiger partial charge in [-0.2, -0.15) is 0 Å². The minimum absolute atomic E-state index is 0.191. The Morgan fingerprint density at radius 1 is 1.48 bits per heavy atom. The van der Waals surface area contributed by atoms with Crippen LogP contribution in [0.1, 0.15) is 19.4 Å². The van der Waals surface area contributed by atoms with Crippen molar-refractivity contribution < 1.29 is 19.4 Å². The van der Waals surface area contributed by atoms with Gasteiger partial charge in [-0.1, -0.05) is 13.8 Å². The number of ether oxygens (including phenoxy) is 1. The van der Waals surface area contributed by atoms with E-state index in [2.05, 4.69) is 10.3 Å². The lowest BCUT2D eigenvalue weighted by molar-refractivity contribution is -0.137. The van der Waals surface area contributed by atoms with Gasteiger partial charge in [0.25, 0.3) is 0 Å². The van der Waals surface area contributed by atoms with Gasteiger partial charge in [-0.3, -0.25) is 4.79 Å². The van der Waals surface area contributed by atoms with Crippen molar-refractivity contribution in [1.82, 2.24) is 15.2 Å². The molecule has 0 bridgehead atoms. The van der Waals surface area contributed by atoms with Crippen LogP contribution >= 0.6 is 0 Å². The average molecular weight is 295 g/mol. The summed E-state index contributed by atoms with van der Waals surface area (Å²) < 4.78 is 5.00. The molecule has 116 valence electrons. The molecule has 0 spiro atoms. The van der Waals surface area contributed by atoms with E-state index in [-0.39, 0.29) is 19.0 Å². The fourth-order valence-electron chi connectivity index (χ4n) is 1.78. The van der Waals surface area contributed by atoms with Gasteiger partial charge >= 0.3 is 12.0 Å². The van der Waals surface area contributed by atoms with Crippen molar-refractivity contribution in [2.75, 3.05) is 20.2 Å². The normalized spacial score (nSPS) is 10.3. The van der Waals surface area contributed by atoms with Crippen LogP contribution in [0.5, 0.6) is 5.88 Å². The number of carboxylic acid groups (broad SMARTS) is 1. The smallest absolute Gasteiger partial charge is 0.323 e. The summed E-state index contributed by atoms with van der Waals surface area (Å²) in [6, 6.07) is 3.07. The predicted octanol–water partition coefficient (Wildman–Crippen LogP) is 1.34. The van der Waals surface area contributed by atoms with Gasteiger partial charge < -0.3 is 20.1 Å². The number of nitrogens with one attached hydrogen (secondary N) is 1. The van der Waals surface area contributed by atoms with Crippen molar-refractivity contribution in [2.45, 2.75) is 20.4 Å². The number of amides is 2. The van der Waals surface area contributed by atoms with Gasteiger partial charge in [0.2, 0.25) is 5.88 Å². The van der Waals surface area contributed by atoms with E-state index in [1.165, 1.54) is 12.0 Å². The minimum Gasteiger partial charge on any atom is -0.481 e. The highest BCUT2D eigenvalue weighted by molar-refractivity contribution is 5.80. The number of pyridine rings is 1. The lowest BCUT2D eigenvalue weighted by Crippen LogP contribution is -2.44. The van der Waals surface area contributed by atoms with Crippen LogP contribution in [0.2, 0.25) is 0 Å². The summed E-state index contributed by atoms with van der Waals surface area (Å²) >= 11 is 0. The zero-order valence-electron chi connectivity index (χ0n) is 12.5. The summed E-state index contributed by atoms with van der Waals surface area (Å²) in [5.41, 5.74) is 0.829. The standard InChI is InChI=1S/C14H21N3O4/c1-10(2)8-17(9-13(18)19)14(20)16-7-11-4-5-15-12(6-11)21-3/h4-6,10H,7-9H2,1-3H3,(H,16,20)(H,18,19). The van der Waals surface area contributed by atoms with Crippen molar-refractivity contribution in [3.05, 3.63) is 23.9 Å². The maximum Gasteiger partial charge on any atom is 0.323 e. The van der Waals surface area contributed by atoms with Crippen LogP contribution in [0.4, 0.5) is 4.79 Å². The van der Waals surface area contributed by atoms with Gasteiger partial charge in [0, 0.05) is 25.4 Å². The molecule has 2 N–H and O–H groups in total. The average Bonchev–Trinajstić information content (AvgIpc) is 2.43. The van der Waals surface area contributed by atoms with Crippen molar-refractivity contribution in [3.8, 4) is 5.88 Å². The van der Waals surface area contributed by atoms with Crippen molar-refractivity contribution in [3.63, 3.8) is 0 Å². The lowest BCUT2D eigenvalue weighted by Gasteiger charge is -2.23. The van der Waals surface area contributed by atoms with Crippen LogP contribution in [0.3, 0.4) is 0 Å². The zero-order valence-corrected chi connectivity index (χ0v) is 12.5. The van der Waals surface area contributed by atoms with Gasteiger partial charge in [0.15, 0.2) is 0 Å². The molecule has 2 amide bonds. The van der Waals surface area contributed by atoms with E-state index in [9.17, 15) is 9.59 Å². The number of nitrogens with zero attached hydrogens (tertiary/aromatic N) is 2. The first-order valence-electron chi connectivity index (χ1n) is 6.66. The Bertz CT molecular complexity index is 491. The molecule has 0 fully saturated rings. The molecule has 0 aliphatic carbocycles. The van der Waals surface area contributed by atoms with Crippen molar-refractivity contribution in [2.24, 2.45) is 5.92 Å². The molecule has 1 aromatic heterocycles. The fourth-order valence-corrected chi connectivity index (χ4v) is 1.78. The molecule has 7 nitrogen and oxygen atoms in total. The number of hydrogen-bond acceptors (Lipinski definition) is 4. The Labute approximate surface area is 123 Å². The maximum atomic E-state index is 12.0. The first kappa shape index (κ1) is 16.7. The molecule has 0 saturated carbocycles. The number of carbonyl (C=O) groups is 2. The topological polar surface area (TPSA) is 91.8 Å². The molecule has 0 saturated heterocycles. The largest absolute Gasteiger partial charge is 0.481 e. The third kappa shape index (κ3) is 6.11. The van der Waals surface area contributed by atoms with Crippen LogP contribution in [0.15, 0.2) is 18.3 Å². The van der Waals surface area contributed by atoms with Crippen LogP contribution in [0.25, 0.3) is 0 Å². The maximum absolute atomic E-state index is 12.0. The predicted molar refractivity (Wildman–Crippen MR) is 77.1 cm³/mol. The summed E-state index contributed by atoms with van der Waals surface area (Å²) in [6.07, 6.45) is 1.59. The van der Waals surface area contributed by atoms with Crippen LogP contribution in [0, 0.1) is 5.92 Å². The monoisotopic (exact) mass is 295 g/mol. The summed E-state index contributed by atoms with van der Waals surface area (Å²) in [4.78, 5) is 28.1. The fraction of sp³-hybridized carbons (Fsp3) is 0.500. The molecular formula is C14H21N3O4. The van der Waals surface area contributed by atoms with Crippen molar-refractivity contribution >= 4 is 12.0 Å². The Balaban J connectivity index is 2.61.